The van der Waals surface area contributed by atoms with E-state index < -0.39 is 6.04 Å². The molecule has 0 aliphatic heterocycles. The highest BCUT2D eigenvalue weighted by atomic mass is 32.1. The molecule has 0 aliphatic carbocycles. The van der Waals surface area contributed by atoms with Crippen molar-refractivity contribution in [2.45, 2.75) is 46.1 Å². The lowest BCUT2D eigenvalue weighted by Gasteiger charge is -2.23. The highest BCUT2D eigenvalue weighted by Crippen LogP contribution is 2.26. The maximum absolute atomic E-state index is 13.0. The Labute approximate surface area is 198 Å². The van der Waals surface area contributed by atoms with E-state index in [2.05, 4.69) is 27.8 Å². The lowest BCUT2D eigenvalue weighted by Crippen LogP contribution is -2.47. The highest BCUT2D eigenvalue weighted by Gasteiger charge is 2.27. The molecule has 0 unspecified atom stereocenters. The molecule has 2 aromatic carbocycles. The van der Waals surface area contributed by atoms with Crippen LogP contribution in [0.25, 0.3) is 10.6 Å². The second-order valence-corrected chi connectivity index (χ2v) is 8.81. The third kappa shape index (κ3) is 6.86. The number of anilines is 1. The number of carbonyl (C=O) groups excluding carboxylic acids is 2. The quantitative estimate of drug-likeness (QED) is 0.381. The van der Waals surface area contributed by atoms with Crippen molar-refractivity contribution in [1.82, 2.24) is 15.5 Å². The standard InChI is InChI=1S/C25H30N4O3S/c1-4-6-16-32-20-14-12-18(13-15-20)22(30)26-21(17(3)5-2)23(31)27-25-29-28-24(33-25)19-10-8-7-9-11-19/h7-15,17,21H,4-6,16H2,1-3H3,(H,26,30)(H,27,29,31)/t17-,21-/m1/s1. The maximum Gasteiger partial charge on any atom is 0.251 e. The van der Waals surface area contributed by atoms with Gasteiger partial charge in [0.05, 0.1) is 6.61 Å². The van der Waals surface area contributed by atoms with Gasteiger partial charge in [-0.2, -0.15) is 0 Å². The molecule has 3 rings (SSSR count). The van der Waals surface area contributed by atoms with E-state index >= 15 is 0 Å². The summed E-state index contributed by atoms with van der Waals surface area (Å²) in [5, 5.41) is 15.1. The Hall–Kier alpha value is -3.26. The molecule has 2 N–H and O–H groups in total. The summed E-state index contributed by atoms with van der Waals surface area (Å²) in [6.45, 7) is 6.67. The minimum absolute atomic E-state index is 0.0629. The van der Waals surface area contributed by atoms with Gasteiger partial charge >= 0.3 is 0 Å². The fraction of sp³-hybridized carbons (Fsp3) is 0.360. The third-order valence-electron chi connectivity index (χ3n) is 5.34. The largest absolute Gasteiger partial charge is 0.494 e. The first-order valence-corrected chi connectivity index (χ1v) is 12.1. The Balaban J connectivity index is 1.65. The van der Waals surface area contributed by atoms with Gasteiger partial charge < -0.3 is 10.1 Å². The van der Waals surface area contributed by atoms with Gasteiger partial charge in [-0.25, -0.2) is 0 Å². The number of ether oxygens (including phenoxy) is 1. The van der Waals surface area contributed by atoms with Crippen LogP contribution in [0.1, 0.15) is 50.4 Å². The van der Waals surface area contributed by atoms with Crippen molar-refractivity contribution in [3.63, 3.8) is 0 Å². The number of benzene rings is 2. The number of hydrogen-bond acceptors (Lipinski definition) is 6. The van der Waals surface area contributed by atoms with Gasteiger partial charge in [-0.1, -0.05) is 75.3 Å². The fourth-order valence-corrected chi connectivity index (χ4v) is 3.87. The highest BCUT2D eigenvalue weighted by molar-refractivity contribution is 7.18. The first-order valence-electron chi connectivity index (χ1n) is 11.2. The Kier molecular flexibility index (Phi) is 8.95. The van der Waals surface area contributed by atoms with E-state index in [0.29, 0.717) is 17.3 Å². The summed E-state index contributed by atoms with van der Waals surface area (Å²) in [4.78, 5) is 25.9. The molecule has 0 saturated heterocycles. The maximum atomic E-state index is 13.0. The molecular weight excluding hydrogens is 436 g/mol. The monoisotopic (exact) mass is 466 g/mol. The fourth-order valence-electron chi connectivity index (χ4n) is 3.12. The number of rotatable bonds is 11. The molecule has 0 radical (unpaired) electrons. The molecule has 0 fully saturated rings. The molecule has 7 nitrogen and oxygen atoms in total. The normalized spacial score (nSPS) is 12.6. The van der Waals surface area contributed by atoms with Gasteiger partial charge in [0, 0.05) is 11.1 Å². The summed E-state index contributed by atoms with van der Waals surface area (Å²) in [6, 6.07) is 15.9. The molecule has 8 heteroatoms. The van der Waals surface area contributed by atoms with Crippen molar-refractivity contribution >= 4 is 28.3 Å². The van der Waals surface area contributed by atoms with Crippen LogP contribution in [0.5, 0.6) is 5.75 Å². The molecule has 2 amide bonds. The number of unbranched alkanes of at least 4 members (excludes halogenated alkanes) is 1. The molecule has 0 bridgehead atoms. The number of aromatic nitrogens is 2. The lowest BCUT2D eigenvalue weighted by molar-refractivity contribution is -0.119. The summed E-state index contributed by atoms with van der Waals surface area (Å²) in [5.41, 5.74) is 1.41. The Morgan fingerprint density at radius 3 is 2.42 bits per heavy atom. The van der Waals surface area contributed by atoms with E-state index in [0.717, 1.165) is 35.6 Å². The van der Waals surface area contributed by atoms with Crippen LogP contribution in [0.3, 0.4) is 0 Å². The minimum atomic E-state index is -0.702. The topological polar surface area (TPSA) is 93.2 Å². The van der Waals surface area contributed by atoms with Crippen molar-refractivity contribution in [2.24, 2.45) is 5.92 Å². The molecule has 0 saturated carbocycles. The van der Waals surface area contributed by atoms with E-state index in [9.17, 15) is 9.59 Å². The van der Waals surface area contributed by atoms with Gasteiger partial charge in [-0.3, -0.25) is 14.9 Å². The van der Waals surface area contributed by atoms with Crippen LogP contribution in [-0.4, -0.2) is 34.7 Å². The number of hydrogen-bond donors (Lipinski definition) is 2. The molecular formula is C25H30N4O3S. The third-order valence-corrected chi connectivity index (χ3v) is 6.23. The second kappa shape index (κ2) is 12.1. The number of nitrogens with one attached hydrogen (secondary N) is 2. The average molecular weight is 467 g/mol. The smallest absolute Gasteiger partial charge is 0.251 e. The van der Waals surface area contributed by atoms with Gasteiger partial charge in [0.1, 0.15) is 16.8 Å². The molecule has 3 aromatic rings. The Morgan fingerprint density at radius 1 is 1.03 bits per heavy atom. The van der Waals surface area contributed by atoms with Gasteiger partial charge in [-0.15, -0.1) is 10.2 Å². The number of amides is 2. The number of nitrogens with zero attached hydrogens (tertiary/aromatic N) is 2. The van der Waals surface area contributed by atoms with Crippen LogP contribution in [-0.2, 0) is 4.79 Å². The average Bonchev–Trinajstić information content (AvgIpc) is 3.31. The van der Waals surface area contributed by atoms with Gasteiger partial charge in [0.25, 0.3) is 5.91 Å². The van der Waals surface area contributed by atoms with Gasteiger partial charge in [-0.05, 0) is 36.6 Å². The van der Waals surface area contributed by atoms with Gasteiger partial charge in [0.15, 0.2) is 0 Å². The second-order valence-electron chi connectivity index (χ2n) is 7.83. The molecule has 1 heterocycles. The minimum Gasteiger partial charge on any atom is -0.494 e. The summed E-state index contributed by atoms with van der Waals surface area (Å²) in [7, 11) is 0. The molecule has 33 heavy (non-hydrogen) atoms. The Bertz CT molecular complexity index is 1040. The van der Waals surface area contributed by atoms with Crippen LogP contribution in [0.4, 0.5) is 5.13 Å². The van der Waals surface area contributed by atoms with E-state index in [1.807, 2.05) is 44.2 Å². The summed E-state index contributed by atoms with van der Waals surface area (Å²) in [5.74, 6) is 0.0413. The van der Waals surface area contributed by atoms with Crippen molar-refractivity contribution in [1.29, 1.82) is 0 Å². The molecule has 0 spiro atoms. The lowest BCUT2D eigenvalue weighted by atomic mass is 9.98. The molecule has 174 valence electrons. The van der Waals surface area contributed by atoms with Crippen molar-refractivity contribution in [2.75, 3.05) is 11.9 Å². The van der Waals surface area contributed by atoms with Crippen LogP contribution < -0.4 is 15.4 Å². The number of carbonyl (C=O) groups is 2. The predicted molar refractivity (Wildman–Crippen MR) is 132 cm³/mol. The van der Waals surface area contributed by atoms with Crippen LogP contribution in [0.15, 0.2) is 54.6 Å². The summed E-state index contributed by atoms with van der Waals surface area (Å²) >= 11 is 1.30. The van der Waals surface area contributed by atoms with E-state index in [1.54, 1.807) is 24.3 Å². The first kappa shape index (κ1) is 24.4. The summed E-state index contributed by atoms with van der Waals surface area (Å²) in [6.07, 6.45) is 2.77. The summed E-state index contributed by atoms with van der Waals surface area (Å²) < 4.78 is 5.65. The predicted octanol–water partition coefficient (Wildman–Crippen LogP) is 5.17. The molecule has 0 aliphatic rings. The zero-order valence-corrected chi connectivity index (χ0v) is 20.0. The Morgan fingerprint density at radius 2 is 1.76 bits per heavy atom. The van der Waals surface area contributed by atoms with E-state index in [4.69, 9.17) is 4.74 Å². The van der Waals surface area contributed by atoms with E-state index in [1.165, 1.54) is 11.3 Å². The van der Waals surface area contributed by atoms with Crippen molar-refractivity contribution < 1.29 is 14.3 Å². The van der Waals surface area contributed by atoms with Crippen molar-refractivity contribution in [3.8, 4) is 16.3 Å². The zero-order chi connectivity index (χ0) is 23.6. The molecule has 1 aromatic heterocycles. The molecule has 2 atom stereocenters. The zero-order valence-electron chi connectivity index (χ0n) is 19.2. The van der Waals surface area contributed by atoms with Crippen LogP contribution in [0.2, 0.25) is 0 Å². The van der Waals surface area contributed by atoms with Crippen LogP contribution >= 0.6 is 11.3 Å². The van der Waals surface area contributed by atoms with Gasteiger partial charge in [0.2, 0.25) is 11.0 Å². The first-order chi connectivity index (χ1) is 16.0. The van der Waals surface area contributed by atoms with Crippen LogP contribution in [0, 0.1) is 5.92 Å². The van der Waals surface area contributed by atoms with Crippen molar-refractivity contribution in [3.05, 3.63) is 60.2 Å². The SMILES string of the molecule is CCCCOc1ccc(C(=O)N[C@@H](C(=O)Nc2nnc(-c3ccccc3)s2)[C@H](C)CC)cc1. The van der Waals surface area contributed by atoms with E-state index in [-0.39, 0.29) is 17.7 Å².